The lowest BCUT2D eigenvalue weighted by Gasteiger charge is -2.09. The second-order valence-corrected chi connectivity index (χ2v) is 5.72. The zero-order valence-electron chi connectivity index (χ0n) is 14.0. The number of hydrogen-bond acceptors (Lipinski definition) is 3. The summed E-state index contributed by atoms with van der Waals surface area (Å²) in [6, 6.07) is 4.82. The Balaban J connectivity index is 2.26. The molecule has 2 N–H and O–H groups in total. The number of carboxylic acid groups (broad SMARTS) is 1. The molecule has 4 nitrogen and oxygen atoms in total. The Hall–Kier alpha value is -1.97. The Morgan fingerprint density at radius 3 is 2.39 bits per heavy atom. The molecule has 0 unspecified atom stereocenters. The lowest BCUT2D eigenvalue weighted by atomic mass is 10.1. The van der Waals surface area contributed by atoms with Crippen molar-refractivity contribution in [1.29, 1.82) is 0 Å². The van der Waals surface area contributed by atoms with Crippen LogP contribution in [0.5, 0.6) is 11.5 Å². The van der Waals surface area contributed by atoms with Gasteiger partial charge in [0, 0.05) is 6.08 Å². The van der Waals surface area contributed by atoms with E-state index < -0.39 is 5.97 Å². The fourth-order valence-corrected chi connectivity index (χ4v) is 2.34. The molecule has 128 valence electrons. The van der Waals surface area contributed by atoms with Crippen LogP contribution in [0.2, 0.25) is 0 Å². The van der Waals surface area contributed by atoms with Crippen molar-refractivity contribution >= 4 is 12.0 Å². The molecule has 0 bridgehead atoms. The molecule has 0 aliphatic carbocycles. The summed E-state index contributed by atoms with van der Waals surface area (Å²) in [6.45, 7) is 2.79. The minimum absolute atomic E-state index is 0.0806. The summed E-state index contributed by atoms with van der Waals surface area (Å²) in [4.78, 5) is 10.5. The van der Waals surface area contributed by atoms with E-state index in [2.05, 4.69) is 6.92 Å². The summed E-state index contributed by atoms with van der Waals surface area (Å²) in [5, 5.41) is 18.4. The van der Waals surface area contributed by atoms with Crippen LogP contribution in [-0.4, -0.2) is 22.8 Å². The van der Waals surface area contributed by atoms with Gasteiger partial charge in [0.15, 0.2) is 11.5 Å². The lowest BCUT2D eigenvalue weighted by Crippen LogP contribution is -1.98. The molecule has 0 amide bonds. The van der Waals surface area contributed by atoms with E-state index >= 15 is 0 Å². The van der Waals surface area contributed by atoms with Gasteiger partial charge in [-0.1, -0.05) is 57.9 Å². The molecule has 0 saturated carbocycles. The van der Waals surface area contributed by atoms with Gasteiger partial charge >= 0.3 is 5.97 Å². The zero-order chi connectivity index (χ0) is 16.9. The van der Waals surface area contributed by atoms with Gasteiger partial charge in [-0.05, 0) is 30.2 Å². The molecular formula is C19H28O4. The Labute approximate surface area is 138 Å². The molecule has 0 atom stereocenters. The smallest absolute Gasteiger partial charge is 0.328 e. The average molecular weight is 320 g/mol. The summed E-state index contributed by atoms with van der Waals surface area (Å²) >= 11 is 0. The van der Waals surface area contributed by atoms with Crippen LogP contribution < -0.4 is 4.74 Å². The standard InChI is InChI=1S/C19H28O4/c1-2-3-4-5-6-7-8-9-14-23-18-15-16(10-12-17(18)20)11-13-19(21)22/h10-13,15,20H,2-9,14H2,1H3,(H,21,22)/b13-11+. The molecule has 1 rings (SSSR count). The number of carbonyl (C=O) groups is 1. The van der Waals surface area contributed by atoms with Gasteiger partial charge < -0.3 is 14.9 Å². The monoisotopic (exact) mass is 320 g/mol. The topological polar surface area (TPSA) is 66.8 Å². The van der Waals surface area contributed by atoms with Crippen molar-refractivity contribution < 1.29 is 19.7 Å². The highest BCUT2D eigenvalue weighted by molar-refractivity contribution is 5.85. The first-order valence-corrected chi connectivity index (χ1v) is 8.50. The van der Waals surface area contributed by atoms with E-state index in [1.165, 1.54) is 50.7 Å². The Morgan fingerprint density at radius 1 is 1.09 bits per heavy atom. The summed E-state index contributed by atoms with van der Waals surface area (Å²) in [7, 11) is 0. The molecule has 0 aliphatic rings. The lowest BCUT2D eigenvalue weighted by molar-refractivity contribution is -0.131. The molecule has 0 heterocycles. The first kappa shape index (κ1) is 19.1. The summed E-state index contributed by atoms with van der Waals surface area (Å²) < 4.78 is 5.60. The molecule has 1 aromatic carbocycles. The molecule has 0 aliphatic heterocycles. The van der Waals surface area contributed by atoms with E-state index in [0.717, 1.165) is 18.9 Å². The van der Waals surface area contributed by atoms with Gasteiger partial charge in [0.1, 0.15) is 0 Å². The first-order valence-electron chi connectivity index (χ1n) is 8.50. The Morgan fingerprint density at radius 2 is 1.74 bits per heavy atom. The maximum Gasteiger partial charge on any atom is 0.328 e. The number of aromatic hydroxyl groups is 1. The largest absolute Gasteiger partial charge is 0.504 e. The minimum Gasteiger partial charge on any atom is -0.504 e. The number of benzene rings is 1. The molecule has 1 aromatic rings. The summed E-state index contributed by atoms with van der Waals surface area (Å²) in [5.41, 5.74) is 0.691. The van der Waals surface area contributed by atoms with E-state index in [4.69, 9.17) is 9.84 Å². The predicted octanol–water partition coefficient (Wildman–Crippen LogP) is 5.01. The van der Waals surface area contributed by atoms with Crippen molar-refractivity contribution in [2.45, 2.75) is 58.3 Å². The minimum atomic E-state index is -1.00. The number of unbranched alkanes of at least 4 members (excludes halogenated alkanes) is 7. The number of rotatable bonds is 12. The number of aliphatic carboxylic acids is 1. The fourth-order valence-electron chi connectivity index (χ4n) is 2.34. The molecule has 0 aromatic heterocycles. The molecule has 0 radical (unpaired) electrons. The van der Waals surface area contributed by atoms with Crippen LogP contribution >= 0.6 is 0 Å². The van der Waals surface area contributed by atoms with Crippen molar-refractivity contribution in [3.05, 3.63) is 29.8 Å². The first-order chi connectivity index (χ1) is 11.1. The SMILES string of the molecule is CCCCCCCCCCOc1cc(/C=C/C(=O)O)ccc1O. The van der Waals surface area contributed by atoms with Crippen LogP contribution in [-0.2, 0) is 4.79 Å². The third-order valence-corrected chi connectivity index (χ3v) is 3.66. The number of carboxylic acids is 1. The zero-order valence-corrected chi connectivity index (χ0v) is 14.0. The number of phenolic OH excluding ortho intramolecular Hbond substituents is 1. The van der Waals surface area contributed by atoms with Gasteiger partial charge in [-0.2, -0.15) is 0 Å². The van der Waals surface area contributed by atoms with E-state index in [9.17, 15) is 9.90 Å². The van der Waals surface area contributed by atoms with Crippen LogP contribution in [0.4, 0.5) is 0 Å². The average Bonchev–Trinajstić information content (AvgIpc) is 2.53. The quantitative estimate of drug-likeness (QED) is 0.419. The van der Waals surface area contributed by atoms with Crippen molar-refractivity contribution in [1.82, 2.24) is 0 Å². The number of ether oxygens (including phenoxy) is 1. The Kier molecular flexibility index (Phi) is 9.60. The third kappa shape index (κ3) is 8.91. The second kappa shape index (κ2) is 11.6. The summed E-state index contributed by atoms with van der Waals surface area (Å²) in [6.07, 6.45) is 12.4. The van der Waals surface area contributed by atoms with Gasteiger partial charge in [-0.3, -0.25) is 0 Å². The predicted molar refractivity (Wildman–Crippen MR) is 92.9 cm³/mol. The molecule has 4 heteroatoms. The van der Waals surface area contributed by atoms with Gasteiger partial charge in [0.05, 0.1) is 6.61 Å². The Bertz CT molecular complexity index is 494. The van der Waals surface area contributed by atoms with Crippen molar-refractivity contribution in [2.24, 2.45) is 0 Å². The molecule has 0 fully saturated rings. The van der Waals surface area contributed by atoms with Crippen LogP contribution in [0.3, 0.4) is 0 Å². The van der Waals surface area contributed by atoms with Crippen molar-refractivity contribution in [3.63, 3.8) is 0 Å². The van der Waals surface area contributed by atoms with E-state index in [0.29, 0.717) is 17.9 Å². The van der Waals surface area contributed by atoms with Crippen LogP contribution in [0.1, 0.15) is 63.9 Å². The van der Waals surface area contributed by atoms with Crippen LogP contribution in [0.25, 0.3) is 6.08 Å². The van der Waals surface area contributed by atoms with Crippen LogP contribution in [0, 0.1) is 0 Å². The highest BCUT2D eigenvalue weighted by atomic mass is 16.5. The second-order valence-electron chi connectivity index (χ2n) is 5.72. The maximum atomic E-state index is 10.5. The van der Waals surface area contributed by atoms with Gasteiger partial charge in [0.25, 0.3) is 0 Å². The normalized spacial score (nSPS) is 11.0. The summed E-state index contributed by atoms with van der Waals surface area (Å²) in [5.74, 6) is -0.517. The maximum absolute atomic E-state index is 10.5. The van der Waals surface area contributed by atoms with E-state index in [-0.39, 0.29) is 5.75 Å². The van der Waals surface area contributed by atoms with Gasteiger partial charge in [0.2, 0.25) is 0 Å². The fraction of sp³-hybridized carbons (Fsp3) is 0.526. The third-order valence-electron chi connectivity index (χ3n) is 3.66. The number of phenols is 1. The highest BCUT2D eigenvalue weighted by Gasteiger charge is 2.03. The molecular weight excluding hydrogens is 292 g/mol. The molecule has 0 saturated heterocycles. The highest BCUT2D eigenvalue weighted by Crippen LogP contribution is 2.27. The van der Waals surface area contributed by atoms with E-state index in [1.807, 2.05) is 0 Å². The van der Waals surface area contributed by atoms with Gasteiger partial charge in [-0.25, -0.2) is 4.79 Å². The molecule has 23 heavy (non-hydrogen) atoms. The van der Waals surface area contributed by atoms with Crippen molar-refractivity contribution in [2.75, 3.05) is 6.61 Å². The van der Waals surface area contributed by atoms with Gasteiger partial charge in [-0.15, -0.1) is 0 Å². The van der Waals surface area contributed by atoms with E-state index in [1.54, 1.807) is 12.1 Å². The van der Waals surface area contributed by atoms with Crippen molar-refractivity contribution in [3.8, 4) is 11.5 Å². The number of hydrogen-bond donors (Lipinski definition) is 2. The van der Waals surface area contributed by atoms with Crippen LogP contribution in [0.15, 0.2) is 24.3 Å². The molecule has 0 spiro atoms.